The summed E-state index contributed by atoms with van der Waals surface area (Å²) in [6.45, 7) is 1.97. The van der Waals surface area contributed by atoms with Crippen molar-refractivity contribution in [3.05, 3.63) is 56.4 Å². The average Bonchev–Trinajstić information content (AvgIpc) is 3.01. The highest BCUT2D eigenvalue weighted by Gasteiger charge is 2.33. The molecule has 0 radical (unpaired) electrons. The van der Waals surface area contributed by atoms with Gasteiger partial charge in [-0.25, -0.2) is 4.79 Å². The van der Waals surface area contributed by atoms with Crippen molar-refractivity contribution in [1.29, 1.82) is 0 Å². The number of carbonyl (C=O) groups excluding carboxylic acids is 2. The van der Waals surface area contributed by atoms with E-state index in [0.29, 0.717) is 48.1 Å². The number of rotatable bonds is 7. The quantitative estimate of drug-likeness (QED) is 0.262. The fourth-order valence-electron chi connectivity index (χ4n) is 2.70. The van der Waals surface area contributed by atoms with Gasteiger partial charge in [-0.1, -0.05) is 35.6 Å². The number of esters is 1. The highest BCUT2D eigenvalue weighted by molar-refractivity contribution is 9.10. The number of ether oxygens (including phenoxy) is 3. The lowest BCUT2D eigenvalue weighted by Crippen LogP contribution is -2.27. The van der Waals surface area contributed by atoms with E-state index >= 15 is 0 Å². The molecule has 1 saturated heterocycles. The zero-order valence-corrected chi connectivity index (χ0v) is 20.5. The van der Waals surface area contributed by atoms with E-state index in [4.69, 9.17) is 33.3 Å². The predicted molar refractivity (Wildman–Crippen MR) is 130 cm³/mol. The lowest BCUT2D eigenvalue weighted by molar-refractivity contribution is -0.142. The van der Waals surface area contributed by atoms with Gasteiger partial charge in [0.2, 0.25) is 0 Å². The third-order valence-corrected chi connectivity index (χ3v) is 6.21. The molecule has 0 saturated carbocycles. The minimum atomic E-state index is -0.510. The van der Waals surface area contributed by atoms with E-state index < -0.39 is 5.97 Å². The van der Waals surface area contributed by atoms with E-state index in [2.05, 4.69) is 20.7 Å². The van der Waals surface area contributed by atoms with Crippen LogP contribution in [-0.4, -0.2) is 36.5 Å². The summed E-state index contributed by atoms with van der Waals surface area (Å²) in [5, 5.41) is 0.576. The molecule has 0 unspecified atom stereocenters. The highest BCUT2D eigenvalue weighted by Crippen LogP contribution is 2.40. The number of thiocarbonyl (C=S) groups is 1. The van der Waals surface area contributed by atoms with E-state index in [1.54, 1.807) is 42.5 Å². The first-order valence-electron chi connectivity index (χ1n) is 9.03. The van der Waals surface area contributed by atoms with Crippen molar-refractivity contribution in [1.82, 2.24) is 0 Å². The molecular weight excluding hydrogens is 526 g/mol. The molecule has 0 bridgehead atoms. The minimum Gasteiger partial charge on any atom is -0.490 e. The van der Waals surface area contributed by atoms with E-state index in [1.807, 2.05) is 6.92 Å². The second-order valence-electron chi connectivity index (χ2n) is 6.12. The number of anilines is 1. The molecule has 10 heteroatoms. The van der Waals surface area contributed by atoms with Gasteiger partial charge in [-0.2, -0.15) is 0 Å². The van der Waals surface area contributed by atoms with Gasteiger partial charge in [0, 0.05) is 5.02 Å². The van der Waals surface area contributed by atoms with Crippen molar-refractivity contribution in [3.8, 4) is 11.5 Å². The summed E-state index contributed by atoms with van der Waals surface area (Å²) in [6, 6.07) is 10.4. The average molecular weight is 543 g/mol. The first kappa shape index (κ1) is 23.6. The molecule has 1 fully saturated rings. The van der Waals surface area contributed by atoms with Crippen LogP contribution in [0.2, 0.25) is 5.02 Å². The van der Waals surface area contributed by atoms with Crippen LogP contribution >= 0.6 is 51.5 Å². The Morgan fingerprint density at radius 3 is 2.61 bits per heavy atom. The SMILES string of the molecule is CCOc1cc(/C=C2/SC(=S)N(c3ccc(Cl)cc3)C2=O)cc(Br)c1OCC(=O)OC. The predicted octanol–water partition coefficient (Wildman–Crippen LogP) is 5.46. The van der Waals surface area contributed by atoms with Crippen LogP contribution in [0.4, 0.5) is 5.69 Å². The molecule has 6 nitrogen and oxygen atoms in total. The summed E-state index contributed by atoms with van der Waals surface area (Å²) < 4.78 is 16.8. The molecule has 0 atom stereocenters. The Labute approximate surface area is 202 Å². The first-order valence-corrected chi connectivity index (χ1v) is 11.4. The number of methoxy groups -OCH3 is 1. The Balaban J connectivity index is 1.90. The van der Waals surface area contributed by atoms with Gasteiger partial charge in [0.1, 0.15) is 0 Å². The molecule has 0 spiro atoms. The molecule has 2 aromatic rings. The Kier molecular flexibility index (Phi) is 7.99. The smallest absolute Gasteiger partial charge is 0.343 e. The van der Waals surface area contributed by atoms with Gasteiger partial charge in [0.25, 0.3) is 5.91 Å². The van der Waals surface area contributed by atoms with E-state index in [0.717, 1.165) is 0 Å². The summed E-state index contributed by atoms with van der Waals surface area (Å²) in [5.41, 5.74) is 1.36. The monoisotopic (exact) mass is 541 g/mol. The van der Waals surface area contributed by atoms with Gasteiger partial charge in [0.15, 0.2) is 22.4 Å². The third-order valence-electron chi connectivity index (χ3n) is 4.07. The number of carbonyl (C=O) groups is 2. The van der Waals surface area contributed by atoms with Crippen LogP contribution in [0, 0.1) is 0 Å². The number of amides is 1. The molecule has 0 aromatic heterocycles. The maximum atomic E-state index is 13.0. The Morgan fingerprint density at radius 2 is 1.97 bits per heavy atom. The van der Waals surface area contributed by atoms with Crippen molar-refractivity contribution >= 4 is 79.5 Å². The fourth-order valence-corrected chi connectivity index (χ4v) is 4.70. The second-order valence-corrected chi connectivity index (χ2v) is 9.09. The zero-order valence-electron chi connectivity index (χ0n) is 16.5. The Hall–Kier alpha value is -2.07. The van der Waals surface area contributed by atoms with E-state index in [1.165, 1.54) is 23.8 Å². The second kappa shape index (κ2) is 10.5. The lowest BCUT2D eigenvalue weighted by atomic mass is 10.1. The van der Waals surface area contributed by atoms with Gasteiger partial charge in [0.05, 0.1) is 28.8 Å². The molecule has 1 amide bonds. The summed E-state index contributed by atoms with van der Waals surface area (Å²) in [5.74, 6) is 0.0695. The van der Waals surface area contributed by atoms with Gasteiger partial charge < -0.3 is 14.2 Å². The molecule has 0 N–H and O–H groups in total. The summed E-state index contributed by atoms with van der Waals surface area (Å²) in [7, 11) is 1.29. The molecule has 1 aliphatic heterocycles. The van der Waals surface area contributed by atoms with E-state index in [-0.39, 0.29) is 12.5 Å². The molecule has 0 aliphatic carbocycles. The van der Waals surface area contributed by atoms with Crippen LogP contribution < -0.4 is 14.4 Å². The maximum absolute atomic E-state index is 13.0. The summed E-state index contributed by atoms with van der Waals surface area (Å²) >= 11 is 16.0. The molecule has 2 aromatic carbocycles. The zero-order chi connectivity index (χ0) is 22.5. The van der Waals surface area contributed by atoms with Gasteiger partial charge >= 0.3 is 5.97 Å². The Morgan fingerprint density at radius 1 is 1.26 bits per heavy atom. The number of nitrogens with zero attached hydrogens (tertiary/aromatic N) is 1. The molecular formula is C21H17BrClNO5S2. The fraction of sp³-hybridized carbons (Fsp3) is 0.190. The highest BCUT2D eigenvalue weighted by atomic mass is 79.9. The minimum absolute atomic E-state index is 0.225. The normalized spacial score (nSPS) is 14.8. The number of thioether (sulfide) groups is 1. The van der Waals surface area contributed by atoms with Crippen LogP contribution in [0.1, 0.15) is 12.5 Å². The molecule has 1 aliphatic rings. The van der Waals surface area contributed by atoms with Gasteiger partial charge in [-0.3, -0.25) is 9.69 Å². The third kappa shape index (κ3) is 5.60. The van der Waals surface area contributed by atoms with E-state index in [9.17, 15) is 9.59 Å². The molecule has 1 heterocycles. The summed E-state index contributed by atoms with van der Waals surface area (Å²) in [6.07, 6.45) is 1.73. The Bertz CT molecular complexity index is 1060. The van der Waals surface area contributed by atoms with Gasteiger partial charge in [-0.05, 0) is 70.9 Å². The van der Waals surface area contributed by atoms with Crippen molar-refractivity contribution in [2.75, 3.05) is 25.2 Å². The number of hydrogen-bond donors (Lipinski definition) is 0. The number of benzene rings is 2. The van der Waals surface area contributed by atoms with Crippen LogP contribution in [-0.2, 0) is 14.3 Å². The van der Waals surface area contributed by atoms with Crippen molar-refractivity contribution in [3.63, 3.8) is 0 Å². The molecule has 31 heavy (non-hydrogen) atoms. The number of hydrogen-bond acceptors (Lipinski definition) is 7. The summed E-state index contributed by atoms with van der Waals surface area (Å²) in [4.78, 5) is 26.3. The number of halogens is 2. The van der Waals surface area contributed by atoms with Crippen LogP contribution in [0.15, 0.2) is 45.8 Å². The van der Waals surface area contributed by atoms with Gasteiger partial charge in [-0.15, -0.1) is 0 Å². The van der Waals surface area contributed by atoms with Crippen LogP contribution in [0.5, 0.6) is 11.5 Å². The topological polar surface area (TPSA) is 65.1 Å². The van der Waals surface area contributed by atoms with Crippen LogP contribution in [0.25, 0.3) is 6.08 Å². The van der Waals surface area contributed by atoms with Crippen molar-refractivity contribution in [2.24, 2.45) is 0 Å². The maximum Gasteiger partial charge on any atom is 0.343 e. The first-order chi connectivity index (χ1) is 14.8. The standard InChI is InChI=1S/C21H17BrClNO5S2/c1-3-28-16-9-12(8-15(22)19(16)29-11-18(25)27-2)10-17-20(26)24(21(30)31-17)14-6-4-13(23)5-7-14/h4-10H,3,11H2,1-2H3/b17-10+. The van der Waals surface area contributed by atoms with Crippen molar-refractivity contribution < 1.29 is 23.8 Å². The molecule has 3 rings (SSSR count). The molecule has 162 valence electrons. The largest absolute Gasteiger partial charge is 0.490 e. The lowest BCUT2D eigenvalue weighted by Gasteiger charge is -2.15. The van der Waals surface area contributed by atoms with Crippen LogP contribution in [0.3, 0.4) is 0 Å². The van der Waals surface area contributed by atoms with Crippen molar-refractivity contribution in [2.45, 2.75) is 6.92 Å².